The summed E-state index contributed by atoms with van der Waals surface area (Å²) in [5, 5.41) is 2.82. The van der Waals surface area contributed by atoms with Gasteiger partial charge in [-0.15, -0.1) is 0 Å². The van der Waals surface area contributed by atoms with Crippen LogP contribution in [0.2, 0.25) is 0 Å². The standard InChI is InChI=1S/C18H22BrN3O4S/c1-11-4-5-15(14(19)10-11)21-18(23)16-12(2)17(13(3)20-16)27(24,25)22-6-8-26-9-7-22/h4-5,10,20H,6-9H2,1-3H3,(H,21,23). The third-order valence-corrected chi connectivity index (χ3v) is 7.37. The van der Waals surface area contributed by atoms with E-state index in [0.29, 0.717) is 43.2 Å². The number of hydrogen-bond acceptors (Lipinski definition) is 4. The molecule has 2 aromatic rings. The molecule has 2 heterocycles. The Morgan fingerprint density at radius 2 is 1.89 bits per heavy atom. The van der Waals surface area contributed by atoms with Gasteiger partial charge in [-0.25, -0.2) is 8.42 Å². The number of nitrogens with zero attached hydrogens (tertiary/aromatic N) is 1. The quantitative estimate of drug-likeness (QED) is 0.740. The summed E-state index contributed by atoms with van der Waals surface area (Å²) < 4.78 is 33.5. The number of sulfonamides is 1. The zero-order valence-corrected chi connectivity index (χ0v) is 17.8. The molecule has 1 aromatic carbocycles. The second-order valence-electron chi connectivity index (χ2n) is 6.53. The molecule has 0 saturated carbocycles. The van der Waals surface area contributed by atoms with Gasteiger partial charge in [-0.05, 0) is 60.0 Å². The van der Waals surface area contributed by atoms with Gasteiger partial charge in [0.25, 0.3) is 5.91 Å². The molecule has 1 aromatic heterocycles. The number of morpholine rings is 1. The van der Waals surface area contributed by atoms with Gasteiger partial charge in [-0.2, -0.15) is 4.31 Å². The number of carbonyl (C=O) groups is 1. The van der Waals surface area contributed by atoms with E-state index >= 15 is 0 Å². The van der Waals surface area contributed by atoms with Gasteiger partial charge >= 0.3 is 0 Å². The van der Waals surface area contributed by atoms with Crippen LogP contribution in [-0.4, -0.2) is 49.9 Å². The van der Waals surface area contributed by atoms with Crippen LogP contribution in [0.1, 0.15) is 27.3 Å². The third-order valence-electron chi connectivity index (χ3n) is 4.54. The van der Waals surface area contributed by atoms with Crippen molar-refractivity contribution < 1.29 is 17.9 Å². The maximum Gasteiger partial charge on any atom is 0.272 e. The van der Waals surface area contributed by atoms with E-state index < -0.39 is 10.0 Å². The number of rotatable bonds is 4. The number of carbonyl (C=O) groups excluding carboxylic acids is 1. The summed E-state index contributed by atoms with van der Waals surface area (Å²) in [5.74, 6) is -0.386. The van der Waals surface area contributed by atoms with Crippen molar-refractivity contribution in [2.24, 2.45) is 0 Å². The van der Waals surface area contributed by atoms with Gasteiger partial charge < -0.3 is 15.0 Å². The summed E-state index contributed by atoms with van der Waals surface area (Å²) in [4.78, 5) is 15.9. The molecule has 1 amide bonds. The molecule has 146 valence electrons. The minimum absolute atomic E-state index is 0.164. The van der Waals surface area contributed by atoms with E-state index in [1.165, 1.54) is 4.31 Å². The summed E-state index contributed by atoms with van der Waals surface area (Å²) in [6.07, 6.45) is 0. The Morgan fingerprint density at radius 1 is 1.22 bits per heavy atom. The zero-order chi connectivity index (χ0) is 19.8. The summed E-state index contributed by atoms with van der Waals surface area (Å²) in [5.41, 5.74) is 2.79. The van der Waals surface area contributed by atoms with Crippen molar-refractivity contribution in [3.63, 3.8) is 0 Å². The predicted molar refractivity (Wildman–Crippen MR) is 107 cm³/mol. The number of hydrogen-bond donors (Lipinski definition) is 2. The van der Waals surface area contributed by atoms with E-state index in [1.807, 2.05) is 19.1 Å². The molecule has 7 nitrogen and oxygen atoms in total. The van der Waals surface area contributed by atoms with Crippen LogP contribution in [0.5, 0.6) is 0 Å². The van der Waals surface area contributed by atoms with Gasteiger partial charge in [-0.3, -0.25) is 4.79 Å². The lowest BCUT2D eigenvalue weighted by Gasteiger charge is -2.26. The molecule has 0 bridgehead atoms. The molecule has 1 saturated heterocycles. The highest BCUT2D eigenvalue weighted by Crippen LogP contribution is 2.29. The van der Waals surface area contributed by atoms with E-state index in [9.17, 15) is 13.2 Å². The largest absolute Gasteiger partial charge is 0.379 e. The Morgan fingerprint density at radius 3 is 2.52 bits per heavy atom. The Hall–Kier alpha value is -1.68. The van der Waals surface area contributed by atoms with E-state index in [2.05, 4.69) is 26.2 Å². The van der Waals surface area contributed by atoms with E-state index in [0.717, 1.165) is 10.0 Å². The maximum absolute atomic E-state index is 13.0. The van der Waals surface area contributed by atoms with Crippen LogP contribution in [-0.2, 0) is 14.8 Å². The number of benzene rings is 1. The van der Waals surface area contributed by atoms with E-state index in [1.54, 1.807) is 19.9 Å². The molecule has 1 fully saturated rings. The highest BCUT2D eigenvalue weighted by atomic mass is 79.9. The van der Waals surface area contributed by atoms with Crippen molar-refractivity contribution in [2.45, 2.75) is 25.7 Å². The van der Waals surface area contributed by atoms with Crippen LogP contribution in [0, 0.1) is 20.8 Å². The van der Waals surface area contributed by atoms with Gasteiger partial charge in [0, 0.05) is 23.3 Å². The first-order valence-electron chi connectivity index (χ1n) is 8.56. The SMILES string of the molecule is Cc1ccc(NC(=O)c2[nH]c(C)c(S(=O)(=O)N3CCOCC3)c2C)c(Br)c1. The average Bonchev–Trinajstić information content (AvgIpc) is 2.93. The van der Waals surface area contributed by atoms with Crippen molar-refractivity contribution in [1.29, 1.82) is 0 Å². The van der Waals surface area contributed by atoms with Crippen molar-refractivity contribution in [3.05, 3.63) is 45.2 Å². The van der Waals surface area contributed by atoms with Crippen molar-refractivity contribution in [3.8, 4) is 0 Å². The van der Waals surface area contributed by atoms with Crippen LogP contribution < -0.4 is 5.32 Å². The van der Waals surface area contributed by atoms with Gasteiger partial charge in [0.05, 0.1) is 18.9 Å². The van der Waals surface area contributed by atoms with E-state index in [4.69, 9.17) is 4.74 Å². The second kappa shape index (κ2) is 7.75. The minimum Gasteiger partial charge on any atom is -0.379 e. The number of ether oxygens (including phenoxy) is 1. The summed E-state index contributed by atoms with van der Waals surface area (Å²) in [6, 6.07) is 5.59. The number of anilines is 1. The van der Waals surface area contributed by atoms with Crippen molar-refractivity contribution in [2.75, 3.05) is 31.6 Å². The fourth-order valence-corrected chi connectivity index (χ4v) is 5.58. The maximum atomic E-state index is 13.0. The lowest BCUT2D eigenvalue weighted by molar-refractivity contribution is 0.0730. The smallest absolute Gasteiger partial charge is 0.272 e. The lowest BCUT2D eigenvalue weighted by atomic mass is 10.2. The third kappa shape index (κ3) is 3.96. The highest BCUT2D eigenvalue weighted by molar-refractivity contribution is 9.10. The Bertz CT molecular complexity index is 979. The zero-order valence-electron chi connectivity index (χ0n) is 15.4. The minimum atomic E-state index is -3.69. The monoisotopic (exact) mass is 455 g/mol. The Kier molecular flexibility index (Phi) is 5.76. The number of aromatic amines is 1. The number of amides is 1. The Labute approximate surface area is 167 Å². The van der Waals surface area contributed by atoms with Crippen LogP contribution in [0.25, 0.3) is 0 Å². The summed E-state index contributed by atoms with van der Waals surface area (Å²) in [7, 11) is -3.69. The van der Waals surface area contributed by atoms with Gasteiger partial charge in [0.2, 0.25) is 10.0 Å². The molecule has 1 aliphatic rings. The van der Waals surface area contributed by atoms with Crippen molar-refractivity contribution in [1.82, 2.24) is 9.29 Å². The molecule has 0 spiro atoms. The number of aromatic nitrogens is 1. The number of H-pyrrole nitrogens is 1. The summed E-state index contributed by atoms with van der Waals surface area (Å²) >= 11 is 3.43. The topological polar surface area (TPSA) is 91.5 Å². The molecule has 9 heteroatoms. The molecule has 2 N–H and O–H groups in total. The first-order valence-corrected chi connectivity index (χ1v) is 10.8. The normalized spacial score (nSPS) is 15.7. The van der Waals surface area contributed by atoms with Crippen LogP contribution in [0.15, 0.2) is 27.6 Å². The highest BCUT2D eigenvalue weighted by Gasteiger charge is 2.32. The second-order valence-corrected chi connectivity index (χ2v) is 9.26. The number of nitrogens with one attached hydrogen (secondary N) is 2. The fraction of sp³-hybridized carbons (Fsp3) is 0.389. The lowest BCUT2D eigenvalue weighted by Crippen LogP contribution is -2.40. The predicted octanol–water partition coefficient (Wildman–Crippen LogP) is 2.98. The van der Waals surface area contributed by atoms with E-state index in [-0.39, 0.29) is 16.5 Å². The molecule has 27 heavy (non-hydrogen) atoms. The fourth-order valence-electron chi connectivity index (χ4n) is 3.17. The van der Waals surface area contributed by atoms with Crippen LogP contribution in [0.4, 0.5) is 5.69 Å². The molecule has 0 radical (unpaired) electrons. The molecule has 0 atom stereocenters. The van der Waals surface area contributed by atoms with Gasteiger partial charge in [0.15, 0.2) is 0 Å². The van der Waals surface area contributed by atoms with Crippen LogP contribution in [0.3, 0.4) is 0 Å². The average molecular weight is 456 g/mol. The van der Waals surface area contributed by atoms with Crippen LogP contribution >= 0.6 is 15.9 Å². The summed E-state index contributed by atoms with van der Waals surface area (Å²) in [6.45, 7) is 6.63. The molecule has 0 unspecified atom stereocenters. The molecule has 0 aliphatic carbocycles. The van der Waals surface area contributed by atoms with Gasteiger partial charge in [0.1, 0.15) is 10.6 Å². The van der Waals surface area contributed by atoms with Gasteiger partial charge in [-0.1, -0.05) is 6.07 Å². The number of aryl methyl sites for hydroxylation is 2. The molecular weight excluding hydrogens is 434 g/mol. The molecular formula is C18H22BrN3O4S. The Balaban J connectivity index is 1.92. The first kappa shape index (κ1) is 20.1. The molecule has 1 aliphatic heterocycles. The number of halogens is 1. The molecule has 3 rings (SSSR count). The first-order chi connectivity index (χ1) is 12.7. The van der Waals surface area contributed by atoms with Crippen molar-refractivity contribution >= 4 is 37.5 Å².